The van der Waals surface area contributed by atoms with Gasteiger partial charge in [0.15, 0.2) is 11.5 Å². The average Bonchev–Trinajstić information content (AvgIpc) is 2.87. The Kier molecular flexibility index (Phi) is 4.69. The molecule has 128 valence electrons. The van der Waals surface area contributed by atoms with E-state index in [1.807, 2.05) is 0 Å². The Morgan fingerprint density at radius 1 is 1.25 bits per heavy atom. The lowest BCUT2D eigenvalue weighted by Gasteiger charge is -2.36. The van der Waals surface area contributed by atoms with Crippen molar-refractivity contribution in [3.8, 4) is 0 Å². The van der Waals surface area contributed by atoms with Gasteiger partial charge in [-0.1, -0.05) is 44.4 Å². The molecular formula is C19H22FNO3. The number of benzene rings is 1. The largest absolute Gasteiger partial charge is 0.503 e. The normalized spacial score (nSPS) is 22.3. The lowest BCUT2D eigenvalue weighted by molar-refractivity contribution is -0.132. The van der Waals surface area contributed by atoms with Crippen molar-refractivity contribution in [3.05, 3.63) is 47.0 Å². The fraction of sp³-hybridized carbons (Fsp3) is 0.474. The number of carbonyl (C=O) groups is 2. The summed E-state index contributed by atoms with van der Waals surface area (Å²) in [5.74, 6) is -1.84. The summed E-state index contributed by atoms with van der Waals surface area (Å²) in [6.07, 6.45) is 4.90. The fourth-order valence-corrected chi connectivity index (χ4v) is 3.84. The van der Waals surface area contributed by atoms with Gasteiger partial charge in [0.1, 0.15) is 5.82 Å². The minimum atomic E-state index is -0.825. The Bertz CT molecular complexity index is 692. The van der Waals surface area contributed by atoms with Gasteiger partial charge < -0.3 is 10.0 Å². The molecule has 4 nitrogen and oxygen atoms in total. The van der Waals surface area contributed by atoms with Crippen LogP contribution in [0.25, 0.3) is 0 Å². The third-order valence-corrected chi connectivity index (χ3v) is 5.03. The summed E-state index contributed by atoms with van der Waals surface area (Å²) in [5.41, 5.74) is 0.315. The molecule has 1 atom stereocenters. The Hall–Kier alpha value is -2.17. The molecule has 0 aromatic heterocycles. The predicted molar refractivity (Wildman–Crippen MR) is 87.8 cm³/mol. The first kappa shape index (κ1) is 16.7. The van der Waals surface area contributed by atoms with Gasteiger partial charge in [0.25, 0.3) is 5.91 Å². The third-order valence-electron chi connectivity index (χ3n) is 5.03. The number of hydrogen-bond donors (Lipinski definition) is 1. The summed E-state index contributed by atoms with van der Waals surface area (Å²) in [6, 6.07) is 5.28. The Labute approximate surface area is 141 Å². The zero-order valence-electron chi connectivity index (χ0n) is 13.8. The molecule has 3 rings (SSSR count). The van der Waals surface area contributed by atoms with Crippen LogP contribution < -0.4 is 0 Å². The van der Waals surface area contributed by atoms with Crippen molar-refractivity contribution in [3.63, 3.8) is 0 Å². The van der Waals surface area contributed by atoms with Gasteiger partial charge in [-0.25, -0.2) is 4.39 Å². The summed E-state index contributed by atoms with van der Waals surface area (Å²) < 4.78 is 14.4. The van der Waals surface area contributed by atoms with Crippen LogP contribution in [0.5, 0.6) is 0 Å². The third kappa shape index (κ3) is 2.72. The second-order valence-electron chi connectivity index (χ2n) is 6.47. The van der Waals surface area contributed by atoms with Gasteiger partial charge in [-0.3, -0.25) is 9.59 Å². The van der Waals surface area contributed by atoms with E-state index >= 15 is 0 Å². The second-order valence-corrected chi connectivity index (χ2v) is 6.47. The fourth-order valence-electron chi connectivity index (χ4n) is 3.84. The van der Waals surface area contributed by atoms with Crippen molar-refractivity contribution >= 4 is 11.7 Å². The van der Waals surface area contributed by atoms with Gasteiger partial charge in [0.05, 0.1) is 11.6 Å². The van der Waals surface area contributed by atoms with Crippen LogP contribution in [-0.4, -0.2) is 27.7 Å². The maximum atomic E-state index is 14.4. The van der Waals surface area contributed by atoms with Crippen LogP contribution >= 0.6 is 0 Å². The van der Waals surface area contributed by atoms with E-state index in [0.29, 0.717) is 0 Å². The van der Waals surface area contributed by atoms with Crippen LogP contribution in [0.15, 0.2) is 35.6 Å². The molecule has 1 fully saturated rings. The van der Waals surface area contributed by atoms with Gasteiger partial charge in [0, 0.05) is 18.0 Å². The van der Waals surface area contributed by atoms with E-state index in [0.717, 1.165) is 32.1 Å². The molecule has 5 heteroatoms. The van der Waals surface area contributed by atoms with Gasteiger partial charge in [-0.15, -0.1) is 0 Å². The zero-order valence-corrected chi connectivity index (χ0v) is 13.8. The highest BCUT2D eigenvalue weighted by molar-refractivity contribution is 6.09. The van der Waals surface area contributed by atoms with Crippen molar-refractivity contribution in [2.75, 3.05) is 0 Å². The first-order valence-electron chi connectivity index (χ1n) is 8.59. The Morgan fingerprint density at radius 2 is 1.92 bits per heavy atom. The van der Waals surface area contributed by atoms with Crippen molar-refractivity contribution in [2.24, 2.45) is 0 Å². The first-order chi connectivity index (χ1) is 11.6. The molecule has 24 heavy (non-hydrogen) atoms. The lowest BCUT2D eigenvalue weighted by Crippen LogP contribution is -2.41. The minimum absolute atomic E-state index is 0.0400. The summed E-state index contributed by atoms with van der Waals surface area (Å²) >= 11 is 0. The molecule has 1 unspecified atom stereocenters. The number of nitrogens with zero attached hydrogens (tertiary/aromatic N) is 1. The monoisotopic (exact) mass is 331 g/mol. The first-order valence-corrected chi connectivity index (χ1v) is 8.59. The lowest BCUT2D eigenvalue weighted by atomic mass is 9.90. The quantitative estimate of drug-likeness (QED) is 0.912. The van der Waals surface area contributed by atoms with Crippen LogP contribution in [0, 0.1) is 5.82 Å². The molecule has 1 heterocycles. The number of amides is 1. The van der Waals surface area contributed by atoms with E-state index in [1.165, 1.54) is 11.0 Å². The molecule has 1 aromatic rings. The van der Waals surface area contributed by atoms with Gasteiger partial charge in [-0.2, -0.15) is 0 Å². The maximum absolute atomic E-state index is 14.4. The molecule has 1 aliphatic carbocycles. The van der Waals surface area contributed by atoms with Crippen LogP contribution in [0.4, 0.5) is 4.39 Å². The molecule has 1 aliphatic heterocycles. The van der Waals surface area contributed by atoms with Crippen molar-refractivity contribution < 1.29 is 19.1 Å². The number of ketones is 1. The number of halogens is 1. The highest BCUT2D eigenvalue weighted by atomic mass is 19.1. The van der Waals surface area contributed by atoms with Crippen LogP contribution in [0.2, 0.25) is 0 Å². The molecule has 0 spiro atoms. The van der Waals surface area contributed by atoms with Crippen molar-refractivity contribution in [1.29, 1.82) is 0 Å². The number of carbonyl (C=O) groups excluding carboxylic acids is 2. The maximum Gasteiger partial charge on any atom is 0.290 e. The van der Waals surface area contributed by atoms with Crippen LogP contribution in [0.1, 0.15) is 57.1 Å². The van der Waals surface area contributed by atoms with Crippen molar-refractivity contribution in [1.82, 2.24) is 4.90 Å². The summed E-state index contributed by atoms with van der Waals surface area (Å²) in [6.45, 7) is 1.68. The van der Waals surface area contributed by atoms with E-state index < -0.39 is 23.5 Å². The molecular weight excluding hydrogens is 309 g/mol. The van der Waals surface area contributed by atoms with E-state index in [2.05, 4.69) is 0 Å². The molecule has 2 aliphatic rings. The number of aliphatic hydroxyl groups is 1. The molecule has 0 radical (unpaired) electrons. The molecule has 0 bridgehead atoms. The summed E-state index contributed by atoms with van der Waals surface area (Å²) in [7, 11) is 0. The second kappa shape index (κ2) is 6.75. The van der Waals surface area contributed by atoms with E-state index in [4.69, 9.17) is 0 Å². The smallest absolute Gasteiger partial charge is 0.290 e. The SMILES string of the molecule is CCC(=O)C1=C(O)C(=O)N(C2CCCCC2)C1c1ccccc1F. The number of rotatable bonds is 4. The zero-order chi connectivity index (χ0) is 17.3. The van der Waals surface area contributed by atoms with E-state index in [-0.39, 0.29) is 29.4 Å². The molecule has 0 saturated heterocycles. The molecule has 1 amide bonds. The van der Waals surface area contributed by atoms with Gasteiger partial charge >= 0.3 is 0 Å². The topological polar surface area (TPSA) is 57.6 Å². The Balaban J connectivity index is 2.10. The predicted octanol–water partition coefficient (Wildman–Crippen LogP) is 3.83. The van der Waals surface area contributed by atoms with Crippen LogP contribution in [-0.2, 0) is 9.59 Å². The van der Waals surface area contributed by atoms with E-state index in [9.17, 15) is 19.1 Å². The number of Topliss-reactive ketones (excluding diaryl/α,β-unsaturated/α-hetero) is 1. The summed E-state index contributed by atoms with van der Waals surface area (Å²) in [4.78, 5) is 26.6. The highest BCUT2D eigenvalue weighted by Crippen LogP contribution is 2.42. The average molecular weight is 331 g/mol. The Morgan fingerprint density at radius 3 is 2.54 bits per heavy atom. The summed E-state index contributed by atoms with van der Waals surface area (Å²) in [5, 5.41) is 10.3. The number of hydrogen-bond acceptors (Lipinski definition) is 3. The standard InChI is InChI=1S/C19H22FNO3/c1-2-15(22)16-17(13-10-6-7-11-14(13)20)21(19(24)18(16)23)12-8-4-3-5-9-12/h6-7,10-12,17,23H,2-5,8-9H2,1H3. The molecule has 1 N–H and O–H groups in total. The van der Waals surface area contributed by atoms with E-state index in [1.54, 1.807) is 25.1 Å². The number of aliphatic hydroxyl groups excluding tert-OH is 1. The highest BCUT2D eigenvalue weighted by Gasteiger charge is 2.46. The van der Waals surface area contributed by atoms with Gasteiger partial charge in [0.2, 0.25) is 0 Å². The van der Waals surface area contributed by atoms with Gasteiger partial charge in [-0.05, 0) is 18.9 Å². The van der Waals surface area contributed by atoms with Crippen LogP contribution in [0.3, 0.4) is 0 Å². The molecule has 1 aromatic carbocycles. The van der Waals surface area contributed by atoms with Crippen molar-refractivity contribution in [2.45, 2.75) is 57.5 Å². The molecule has 1 saturated carbocycles. The minimum Gasteiger partial charge on any atom is -0.503 e.